The number of imidazole rings is 1. The maximum absolute atomic E-state index is 12.7. The van der Waals surface area contributed by atoms with Crippen LogP contribution in [0.15, 0.2) is 47.7 Å². The van der Waals surface area contributed by atoms with E-state index in [0.29, 0.717) is 5.82 Å². The smallest absolute Gasteiger partial charge is 0.264 e. The second kappa shape index (κ2) is 7.57. The Balaban J connectivity index is 1.85. The molecule has 1 amide bonds. The molecule has 140 valence electrons. The van der Waals surface area contributed by atoms with Gasteiger partial charge in [0.1, 0.15) is 17.2 Å². The normalized spacial score (nSPS) is 12.2. The number of amides is 1. The number of aryl methyl sites for hydroxylation is 2. The zero-order chi connectivity index (χ0) is 19.6. The topological polar surface area (TPSA) is 92.7 Å². The molecule has 3 rings (SSSR count). The van der Waals surface area contributed by atoms with Crippen LogP contribution in [0.2, 0.25) is 0 Å². The Morgan fingerprint density at radius 2 is 1.89 bits per heavy atom. The zero-order valence-corrected chi connectivity index (χ0v) is 15.9. The molecule has 7 heteroatoms. The molecule has 0 radical (unpaired) electrons. The summed E-state index contributed by atoms with van der Waals surface area (Å²) in [6, 6.07) is 7.33. The Morgan fingerprint density at radius 1 is 1.19 bits per heavy atom. The molecule has 0 saturated heterocycles. The second-order valence-corrected chi connectivity index (χ2v) is 6.93. The van der Waals surface area contributed by atoms with Crippen LogP contribution < -0.4 is 10.9 Å². The lowest BCUT2D eigenvalue weighted by Gasteiger charge is -2.21. The third-order valence-electron chi connectivity index (χ3n) is 4.46. The van der Waals surface area contributed by atoms with E-state index in [-0.39, 0.29) is 17.5 Å². The van der Waals surface area contributed by atoms with Crippen LogP contribution in [0.1, 0.15) is 41.6 Å². The van der Waals surface area contributed by atoms with Crippen molar-refractivity contribution in [2.45, 2.75) is 26.8 Å². The number of H-pyrrole nitrogens is 1. The number of benzene rings is 1. The first-order valence-corrected chi connectivity index (χ1v) is 8.81. The molecule has 0 aliphatic heterocycles. The highest BCUT2D eigenvalue weighted by Gasteiger charge is 2.24. The molecule has 0 fully saturated rings. The van der Waals surface area contributed by atoms with E-state index in [0.717, 1.165) is 17.0 Å². The summed E-state index contributed by atoms with van der Waals surface area (Å²) in [5, 5.41) is 2.90. The van der Waals surface area contributed by atoms with E-state index >= 15 is 0 Å². The van der Waals surface area contributed by atoms with E-state index < -0.39 is 11.5 Å². The van der Waals surface area contributed by atoms with E-state index in [4.69, 9.17) is 0 Å². The quantitative estimate of drug-likeness (QED) is 0.727. The minimum absolute atomic E-state index is 0.0225. The van der Waals surface area contributed by atoms with Crippen molar-refractivity contribution in [2.24, 2.45) is 13.0 Å². The molecule has 0 aliphatic carbocycles. The van der Waals surface area contributed by atoms with Gasteiger partial charge >= 0.3 is 0 Å². The average Bonchev–Trinajstić information content (AvgIpc) is 3.05. The van der Waals surface area contributed by atoms with Gasteiger partial charge in [0.15, 0.2) is 0 Å². The molecule has 7 nitrogen and oxygen atoms in total. The summed E-state index contributed by atoms with van der Waals surface area (Å²) in [4.78, 5) is 36.4. The number of aromatic nitrogens is 4. The molecule has 0 saturated carbocycles. The van der Waals surface area contributed by atoms with Gasteiger partial charge in [-0.2, -0.15) is 0 Å². The van der Waals surface area contributed by atoms with Gasteiger partial charge in [-0.3, -0.25) is 9.59 Å². The predicted molar refractivity (Wildman–Crippen MR) is 103 cm³/mol. The molecule has 2 N–H and O–H groups in total. The van der Waals surface area contributed by atoms with Crippen LogP contribution >= 0.6 is 0 Å². The molecule has 0 aliphatic rings. The van der Waals surface area contributed by atoms with Crippen LogP contribution in [0.5, 0.6) is 0 Å². The van der Waals surface area contributed by atoms with Crippen molar-refractivity contribution in [3.05, 3.63) is 70.2 Å². The Labute approximate surface area is 157 Å². The number of hydrogen-bond acceptors (Lipinski definition) is 4. The largest absolute Gasteiger partial charge is 0.342 e. The lowest BCUT2D eigenvalue weighted by atomic mass is 10.0. The molecule has 1 atom stereocenters. The van der Waals surface area contributed by atoms with Crippen molar-refractivity contribution in [1.82, 2.24) is 24.8 Å². The van der Waals surface area contributed by atoms with E-state index in [1.807, 2.05) is 62.8 Å². The third-order valence-corrected chi connectivity index (χ3v) is 4.46. The van der Waals surface area contributed by atoms with Crippen LogP contribution in [-0.2, 0) is 7.05 Å². The van der Waals surface area contributed by atoms with Crippen molar-refractivity contribution in [3.63, 3.8) is 0 Å². The van der Waals surface area contributed by atoms with E-state index in [9.17, 15) is 9.59 Å². The number of rotatable bonds is 5. The van der Waals surface area contributed by atoms with E-state index in [1.165, 1.54) is 6.20 Å². The lowest BCUT2D eigenvalue weighted by Crippen LogP contribution is -2.36. The molecule has 2 aromatic heterocycles. The number of nitrogens with zero attached hydrogens (tertiary/aromatic N) is 3. The van der Waals surface area contributed by atoms with Crippen molar-refractivity contribution < 1.29 is 4.79 Å². The highest BCUT2D eigenvalue weighted by atomic mass is 16.2. The van der Waals surface area contributed by atoms with Crippen molar-refractivity contribution in [1.29, 1.82) is 0 Å². The van der Waals surface area contributed by atoms with Gasteiger partial charge in [0.2, 0.25) is 0 Å². The molecule has 2 heterocycles. The fraction of sp³-hybridized carbons (Fsp3) is 0.300. The third kappa shape index (κ3) is 3.97. The van der Waals surface area contributed by atoms with Gasteiger partial charge in [-0.25, -0.2) is 9.97 Å². The number of carbonyl (C=O) groups is 1. The minimum atomic E-state index is -0.472. The number of carbonyl (C=O) groups excluding carboxylic acids is 1. The van der Waals surface area contributed by atoms with Crippen LogP contribution in [0, 0.1) is 12.8 Å². The summed E-state index contributed by atoms with van der Waals surface area (Å²) in [7, 11) is 1.87. The average molecular weight is 365 g/mol. The summed E-state index contributed by atoms with van der Waals surface area (Å²) in [5.41, 5.74) is 1.41. The lowest BCUT2D eigenvalue weighted by molar-refractivity contribution is 0.0920. The summed E-state index contributed by atoms with van der Waals surface area (Å²) in [6.45, 7) is 5.96. The van der Waals surface area contributed by atoms with Crippen LogP contribution in [-0.4, -0.2) is 25.4 Å². The first-order valence-electron chi connectivity index (χ1n) is 8.81. The fourth-order valence-corrected chi connectivity index (χ4v) is 2.84. The first-order chi connectivity index (χ1) is 12.9. The summed E-state index contributed by atoms with van der Waals surface area (Å²) in [6.07, 6.45) is 4.82. The second-order valence-electron chi connectivity index (χ2n) is 6.93. The summed E-state index contributed by atoms with van der Waals surface area (Å²) in [5.74, 6) is 0.801. The summed E-state index contributed by atoms with van der Waals surface area (Å²) < 4.78 is 1.86. The fourth-order valence-electron chi connectivity index (χ4n) is 2.84. The molecular formula is C20H23N5O2. The molecule has 3 aromatic rings. The Hall–Kier alpha value is -3.22. The van der Waals surface area contributed by atoms with Crippen molar-refractivity contribution >= 4 is 5.91 Å². The number of hydrogen-bond donors (Lipinski definition) is 2. The SMILES string of the molecule is Cc1ccc(-c2ncc(C(=O)N[C@H](c3nccn3C)C(C)C)c(=O)[nH]2)cc1. The van der Waals surface area contributed by atoms with Crippen molar-refractivity contribution in [2.75, 3.05) is 0 Å². The molecule has 27 heavy (non-hydrogen) atoms. The van der Waals surface area contributed by atoms with Gasteiger partial charge in [0.05, 0.1) is 6.04 Å². The van der Waals surface area contributed by atoms with Crippen LogP contribution in [0.4, 0.5) is 0 Å². The highest BCUT2D eigenvalue weighted by Crippen LogP contribution is 2.20. The molecule has 0 bridgehead atoms. The molecule has 1 aromatic carbocycles. The predicted octanol–water partition coefficient (Wildman–Crippen LogP) is 2.61. The Morgan fingerprint density at radius 3 is 2.44 bits per heavy atom. The monoisotopic (exact) mass is 365 g/mol. The van der Waals surface area contributed by atoms with Gasteiger partial charge in [-0.15, -0.1) is 0 Å². The van der Waals surface area contributed by atoms with E-state index in [2.05, 4.69) is 20.3 Å². The van der Waals surface area contributed by atoms with Crippen molar-refractivity contribution in [3.8, 4) is 11.4 Å². The molecule has 0 unspecified atom stereocenters. The zero-order valence-electron chi connectivity index (χ0n) is 15.9. The maximum Gasteiger partial charge on any atom is 0.264 e. The van der Waals surface area contributed by atoms with Crippen LogP contribution in [0.3, 0.4) is 0 Å². The van der Waals surface area contributed by atoms with Gasteiger partial charge < -0.3 is 14.9 Å². The van der Waals surface area contributed by atoms with E-state index in [1.54, 1.807) is 6.20 Å². The van der Waals surface area contributed by atoms with Gasteiger partial charge in [0.25, 0.3) is 11.5 Å². The summed E-state index contributed by atoms with van der Waals surface area (Å²) >= 11 is 0. The maximum atomic E-state index is 12.7. The molecular weight excluding hydrogens is 342 g/mol. The van der Waals surface area contributed by atoms with Gasteiger partial charge in [-0.1, -0.05) is 43.7 Å². The highest BCUT2D eigenvalue weighted by molar-refractivity contribution is 5.93. The number of nitrogens with one attached hydrogen (secondary N) is 2. The first kappa shape index (κ1) is 18.6. The molecule has 0 spiro atoms. The Kier molecular flexibility index (Phi) is 5.21. The Bertz CT molecular complexity index is 1000. The minimum Gasteiger partial charge on any atom is -0.342 e. The van der Waals surface area contributed by atoms with Gasteiger partial charge in [-0.05, 0) is 12.8 Å². The van der Waals surface area contributed by atoms with Crippen LogP contribution in [0.25, 0.3) is 11.4 Å². The standard InChI is InChI=1S/C20H23N5O2/c1-12(2)16(18-21-9-10-25(18)4)23-19(26)15-11-22-17(24-20(15)27)14-7-5-13(3)6-8-14/h5-12,16H,1-4H3,(H,23,26)(H,22,24,27)/t16-/m0/s1. The van der Waals surface area contributed by atoms with Gasteiger partial charge in [0, 0.05) is 31.2 Å². The number of aromatic amines is 1.